The molecular weight excluding hydrogens is 310 g/mol. The number of carbonyl (C=O) groups excluding carboxylic acids is 1. The third-order valence-electron chi connectivity index (χ3n) is 3.15. The number of hydrogen-bond donors (Lipinski definition) is 1. The molecule has 1 aliphatic rings. The normalized spacial score (nSPS) is 18.4. The molecule has 1 aromatic rings. The highest BCUT2D eigenvalue weighted by Gasteiger charge is 2.31. The maximum Gasteiger partial charge on any atom is 0.257 e. The van der Waals surface area contributed by atoms with E-state index in [1.165, 1.54) is 0 Å². The summed E-state index contributed by atoms with van der Waals surface area (Å²) in [7, 11) is 0. The largest absolute Gasteiger partial charge is 0.506 e. The molecule has 1 amide bonds. The second-order valence-electron chi connectivity index (χ2n) is 5.48. The molecule has 2 rings (SSSR count). The van der Waals surface area contributed by atoms with Crippen LogP contribution in [0.3, 0.4) is 0 Å². The Morgan fingerprint density at radius 2 is 2.16 bits per heavy atom. The summed E-state index contributed by atoms with van der Waals surface area (Å²) < 4.78 is 6.14. The fraction of sp³-hybridized carbons (Fsp3) is 0.500. The van der Waals surface area contributed by atoms with Gasteiger partial charge in [0.25, 0.3) is 5.91 Å². The minimum Gasteiger partial charge on any atom is -0.506 e. The van der Waals surface area contributed by atoms with Gasteiger partial charge in [-0.25, -0.2) is 0 Å². The molecular formula is C14H18BrNO3. The quantitative estimate of drug-likeness (QED) is 0.862. The van der Waals surface area contributed by atoms with E-state index in [0.29, 0.717) is 29.7 Å². The lowest BCUT2D eigenvalue weighted by molar-refractivity contribution is -0.0764. The molecule has 1 heterocycles. The average Bonchev–Trinajstić information content (AvgIpc) is 2.31. The molecule has 0 spiro atoms. The number of aryl methyl sites for hydroxylation is 1. The Balaban J connectivity index is 2.29. The summed E-state index contributed by atoms with van der Waals surface area (Å²) in [6.07, 6.45) is 0. The molecule has 0 aromatic heterocycles. The molecule has 0 unspecified atom stereocenters. The van der Waals surface area contributed by atoms with Crippen LogP contribution < -0.4 is 0 Å². The Kier molecular flexibility index (Phi) is 3.87. The molecule has 1 N–H and O–H groups in total. The molecule has 1 aromatic carbocycles. The molecule has 5 heteroatoms. The predicted molar refractivity (Wildman–Crippen MR) is 76.5 cm³/mol. The third kappa shape index (κ3) is 3.09. The number of halogens is 1. The van der Waals surface area contributed by atoms with E-state index in [-0.39, 0.29) is 17.3 Å². The van der Waals surface area contributed by atoms with Gasteiger partial charge in [0.2, 0.25) is 0 Å². The van der Waals surface area contributed by atoms with Gasteiger partial charge < -0.3 is 14.7 Å². The molecule has 104 valence electrons. The van der Waals surface area contributed by atoms with Crippen LogP contribution in [-0.2, 0) is 4.74 Å². The summed E-state index contributed by atoms with van der Waals surface area (Å²) in [5, 5.41) is 10.0. The lowest BCUT2D eigenvalue weighted by Gasteiger charge is -2.38. The number of ether oxygens (including phenoxy) is 1. The van der Waals surface area contributed by atoms with Crippen LogP contribution in [0, 0.1) is 6.92 Å². The second-order valence-corrected chi connectivity index (χ2v) is 6.33. The van der Waals surface area contributed by atoms with Crippen molar-refractivity contribution in [2.24, 2.45) is 0 Å². The smallest absolute Gasteiger partial charge is 0.257 e. The van der Waals surface area contributed by atoms with Gasteiger partial charge in [0.15, 0.2) is 0 Å². The summed E-state index contributed by atoms with van der Waals surface area (Å²) >= 11 is 3.27. The number of nitrogens with zero attached hydrogens (tertiary/aromatic N) is 1. The van der Waals surface area contributed by atoms with Crippen LogP contribution in [0.5, 0.6) is 5.75 Å². The van der Waals surface area contributed by atoms with Crippen molar-refractivity contribution in [1.29, 1.82) is 0 Å². The standard InChI is InChI=1S/C14H18BrNO3/c1-9-6-10(12(17)11(15)7-9)13(18)16-4-5-19-14(2,3)8-16/h6-7,17H,4-5,8H2,1-3H3. The Bertz CT molecular complexity index is 514. The lowest BCUT2D eigenvalue weighted by atomic mass is 10.0. The SMILES string of the molecule is Cc1cc(Br)c(O)c(C(=O)N2CCOC(C)(C)C2)c1. The number of morpholine rings is 1. The molecule has 0 aliphatic carbocycles. The average molecular weight is 328 g/mol. The van der Waals surface area contributed by atoms with Crippen LogP contribution in [0.15, 0.2) is 16.6 Å². The highest BCUT2D eigenvalue weighted by Crippen LogP contribution is 2.31. The van der Waals surface area contributed by atoms with Crippen molar-refractivity contribution in [2.45, 2.75) is 26.4 Å². The highest BCUT2D eigenvalue weighted by atomic mass is 79.9. The summed E-state index contributed by atoms with van der Waals surface area (Å²) in [6, 6.07) is 3.50. The first kappa shape index (κ1) is 14.3. The molecule has 0 bridgehead atoms. The van der Waals surface area contributed by atoms with E-state index in [9.17, 15) is 9.90 Å². The number of benzene rings is 1. The number of hydrogen-bond acceptors (Lipinski definition) is 3. The van der Waals surface area contributed by atoms with E-state index in [4.69, 9.17) is 4.74 Å². The van der Waals surface area contributed by atoms with E-state index < -0.39 is 0 Å². The van der Waals surface area contributed by atoms with Crippen molar-refractivity contribution in [1.82, 2.24) is 4.90 Å². The molecule has 19 heavy (non-hydrogen) atoms. The zero-order valence-corrected chi connectivity index (χ0v) is 13.0. The summed E-state index contributed by atoms with van der Waals surface area (Å²) in [5.74, 6) is -0.154. The number of carbonyl (C=O) groups is 1. The first-order valence-electron chi connectivity index (χ1n) is 6.22. The van der Waals surface area contributed by atoms with Crippen molar-refractivity contribution in [2.75, 3.05) is 19.7 Å². The number of aromatic hydroxyl groups is 1. The van der Waals surface area contributed by atoms with Gasteiger partial charge in [0, 0.05) is 13.1 Å². The van der Waals surface area contributed by atoms with Crippen molar-refractivity contribution >= 4 is 21.8 Å². The van der Waals surface area contributed by atoms with Gasteiger partial charge in [0.05, 0.1) is 22.2 Å². The maximum absolute atomic E-state index is 12.5. The van der Waals surface area contributed by atoms with Crippen molar-refractivity contribution < 1.29 is 14.6 Å². The van der Waals surface area contributed by atoms with E-state index in [2.05, 4.69) is 15.9 Å². The fourth-order valence-electron chi connectivity index (χ4n) is 2.26. The molecule has 0 atom stereocenters. The molecule has 1 fully saturated rings. The Morgan fingerprint density at radius 3 is 2.79 bits per heavy atom. The predicted octanol–water partition coefficient (Wildman–Crippen LogP) is 2.71. The Morgan fingerprint density at radius 1 is 1.47 bits per heavy atom. The monoisotopic (exact) mass is 327 g/mol. The van der Waals surface area contributed by atoms with Gasteiger partial charge in [0.1, 0.15) is 5.75 Å². The zero-order chi connectivity index (χ0) is 14.2. The molecule has 0 radical (unpaired) electrons. The number of phenolic OH excluding ortho intramolecular Hbond substituents is 1. The van der Waals surface area contributed by atoms with Gasteiger partial charge in [-0.3, -0.25) is 4.79 Å². The van der Waals surface area contributed by atoms with Crippen LogP contribution >= 0.6 is 15.9 Å². The van der Waals surface area contributed by atoms with Crippen LogP contribution in [0.2, 0.25) is 0 Å². The third-order valence-corrected chi connectivity index (χ3v) is 3.76. The lowest BCUT2D eigenvalue weighted by Crippen LogP contribution is -2.50. The van der Waals surface area contributed by atoms with Crippen LogP contribution in [0.25, 0.3) is 0 Å². The summed E-state index contributed by atoms with van der Waals surface area (Å²) in [5.41, 5.74) is 0.926. The molecule has 4 nitrogen and oxygen atoms in total. The van der Waals surface area contributed by atoms with Crippen LogP contribution in [-0.4, -0.2) is 41.2 Å². The molecule has 0 saturated carbocycles. The Hall–Kier alpha value is -1.07. The minimum atomic E-state index is -0.343. The minimum absolute atomic E-state index is 0.0000945. The zero-order valence-electron chi connectivity index (χ0n) is 11.4. The van der Waals surface area contributed by atoms with E-state index in [1.54, 1.807) is 17.0 Å². The van der Waals surface area contributed by atoms with Gasteiger partial charge in [-0.2, -0.15) is 0 Å². The van der Waals surface area contributed by atoms with Gasteiger partial charge in [-0.1, -0.05) is 0 Å². The van der Waals surface area contributed by atoms with Crippen molar-refractivity contribution in [3.05, 3.63) is 27.7 Å². The Labute approximate surface area is 121 Å². The second kappa shape index (κ2) is 5.13. The molecule has 1 saturated heterocycles. The first-order chi connectivity index (χ1) is 8.80. The van der Waals surface area contributed by atoms with Gasteiger partial charge in [-0.05, 0) is 54.4 Å². The topological polar surface area (TPSA) is 49.8 Å². The summed E-state index contributed by atoms with van der Waals surface area (Å²) in [6.45, 7) is 7.40. The fourth-order valence-corrected chi connectivity index (χ4v) is 2.83. The van der Waals surface area contributed by atoms with Crippen molar-refractivity contribution in [3.8, 4) is 5.75 Å². The van der Waals surface area contributed by atoms with E-state index in [0.717, 1.165) is 5.56 Å². The van der Waals surface area contributed by atoms with E-state index >= 15 is 0 Å². The summed E-state index contributed by atoms with van der Waals surface area (Å²) in [4.78, 5) is 14.2. The van der Waals surface area contributed by atoms with Crippen molar-refractivity contribution in [3.63, 3.8) is 0 Å². The molecule has 1 aliphatic heterocycles. The van der Waals surface area contributed by atoms with Gasteiger partial charge >= 0.3 is 0 Å². The van der Waals surface area contributed by atoms with Gasteiger partial charge in [-0.15, -0.1) is 0 Å². The van der Waals surface area contributed by atoms with E-state index in [1.807, 2.05) is 20.8 Å². The van der Waals surface area contributed by atoms with Crippen LogP contribution in [0.4, 0.5) is 0 Å². The number of amides is 1. The number of rotatable bonds is 1. The first-order valence-corrected chi connectivity index (χ1v) is 7.02. The number of phenols is 1. The maximum atomic E-state index is 12.5. The van der Waals surface area contributed by atoms with Crippen LogP contribution in [0.1, 0.15) is 29.8 Å². The highest BCUT2D eigenvalue weighted by molar-refractivity contribution is 9.10.